The molecule has 1 aliphatic carbocycles. The summed E-state index contributed by atoms with van der Waals surface area (Å²) >= 11 is 0. The minimum Gasteiger partial charge on any atom is -0.516 e. The second kappa shape index (κ2) is 9.39. The number of phenolic OH excluding ortho intramolecular Hbond substituents is 1. The van der Waals surface area contributed by atoms with Gasteiger partial charge in [0.2, 0.25) is 0 Å². The zero-order chi connectivity index (χ0) is 22.7. The Morgan fingerprint density at radius 3 is 2.62 bits per heavy atom. The number of aliphatic hydroxyl groups excluding tert-OH is 1. The number of hydrogen-bond acceptors (Lipinski definition) is 4. The lowest BCUT2D eigenvalue weighted by atomic mass is 9.79. The Labute approximate surface area is 189 Å². The molecule has 166 valence electrons. The average molecular weight is 431 g/mol. The molecular formula is C28H30O4. The molecule has 1 heterocycles. The first kappa shape index (κ1) is 21.8. The van der Waals surface area contributed by atoms with Gasteiger partial charge in [-0.05, 0) is 77.8 Å². The lowest BCUT2D eigenvalue weighted by Crippen LogP contribution is -2.11. The van der Waals surface area contributed by atoms with Crippen LogP contribution in [0, 0.1) is 6.92 Å². The van der Waals surface area contributed by atoms with Crippen molar-refractivity contribution >= 4 is 0 Å². The molecule has 0 amide bonds. The highest BCUT2D eigenvalue weighted by Gasteiger charge is 2.24. The number of ether oxygens (including phenoxy) is 2. The van der Waals surface area contributed by atoms with Gasteiger partial charge in [0.15, 0.2) is 0 Å². The fourth-order valence-electron chi connectivity index (χ4n) is 4.61. The third-order valence-electron chi connectivity index (χ3n) is 6.33. The maximum atomic E-state index is 10.1. The van der Waals surface area contributed by atoms with Crippen molar-refractivity contribution in [1.29, 1.82) is 0 Å². The maximum Gasteiger partial charge on any atom is 0.126 e. The van der Waals surface area contributed by atoms with Gasteiger partial charge in [0.05, 0.1) is 12.9 Å². The van der Waals surface area contributed by atoms with E-state index >= 15 is 0 Å². The molecule has 0 radical (unpaired) electrons. The SMILES string of the molecule is C=CO.CCC1COc2cc(OCc3cccc(-c4c(C)cc(O)c5c4CC5)c3)ccc21. The predicted octanol–water partition coefficient (Wildman–Crippen LogP) is 6.62. The molecule has 0 spiro atoms. The van der Waals surface area contributed by atoms with E-state index in [9.17, 15) is 5.11 Å². The van der Waals surface area contributed by atoms with Gasteiger partial charge >= 0.3 is 0 Å². The zero-order valence-electron chi connectivity index (χ0n) is 18.7. The van der Waals surface area contributed by atoms with E-state index in [1.807, 2.05) is 18.2 Å². The topological polar surface area (TPSA) is 58.9 Å². The van der Waals surface area contributed by atoms with Crippen LogP contribution in [0.2, 0.25) is 0 Å². The number of phenols is 1. The standard InChI is InChI=1S/C26H26O3.C2H4O/c1-3-18-15-29-25-13-20(7-8-21(18)25)28-14-17-5-4-6-19(12-17)26-16(2)11-24(27)22-9-10-23(22)26;1-2-3/h4-8,11-13,18,27H,3,9-10,14-15H2,1-2H3;2-3H,1H2. The average Bonchev–Trinajstić information content (AvgIpc) is 3.17. The van der Waals surface area contributed by atoms with Gasteiger partial charge < -0.3 is 19.7 Å². The van der Waals surface area contributed by atoms with Gasteiger partial charge in [-0.1, -0.05) is 37.8 Å². The van der Waals surface area contributed by atoms with Crippen molar-refractivity contribution in [2.24, 2.45) is 0 Å². The Kier molecular flexibility index (Phi) is 6.40. The first-order chi connectivity index (χ1) is 15.5. The Morgan fingerprint density at radius 1 is 1.12 bits per heavy atom. The number of hydrogen-bond donors (Lipinski definition) is 2. The smallest absolute Gasteiger partial charge is 0.126 e. The molecule has 32 heavy (non-hydrogen) atoms. The van der Waals surface area contributed by atoms with Crippen LogP contribution in [0.25, 0.3) is 11.1 Å². The summed E-state index contributed by atoms with van der Waals surface area (Å²) in [6, 6.07) is 16.6. The molecule has 5 rings (SSSR count). The molecule has 1 atom stereocenters. The van der Waals surface area contributed by atoms with Gasteiger partial charge in [-0.15, -0.1) is 0 Å². The van der Waals surface area contributed by atoms with Gasteiger partial charge in [-0.2, -0.15) is 0 Å². The fourth-order valence-corrected chi connectivity index (χ4v) is 4.61. The molecule has 0 saturated heterocycles. The van der Waals surface area contributed by atoms with Crippen molar-refractivity contribution in [2.45, 2.75) is 45.6 Å². The van der Waals surface area contributed by atoms with Crippen LogP contribution >= 0.6 is 0 Å². The van der Waals surface area contributed by atoms with E-state index in [2.05, 4.69) is 50.8 Å². The van der Waals surface area contributed by atoms with E-state index in [0.717, 1.165) is 60.3 Å². The van der Waals surface area contributed by atoms with Crippen LogP contribution in [0.5, 0.6) is 17.2 Å². The molecule has 0 aromatic heterocycles. The Hall–Kier alpha value is -3.40. The van der Waals surface area contributed by atoms with E-state index < -0.39 is 0 Å². The van der Waals surface area contributed by atoms with Gasteiger partial charge in [-0.3, -0.25) is 0 Å². The van der Waals surface area contributed by atoms with Crippen LogP contribution in [-0.4, -0.2) is 16.8 Å². The molecule has 4 heteroatoms. The van der Waals surface area contributed by atoms with Crippen LogP contribution in [0.15, 0.2) is 61.4 Å². The molecule has 3 aromatic carbocycles. The Balaban J connectivity index is 0.000000775. The summed E-state index contributed by atoms with van der Waals surface area (Å²) in [6.45, 7) is 8.48. The quantitative estimate of drug-likeness (QED) is 0.447. The Bertz CT molecular complexity index is 1130. The minimum atomic E-state index is 0.441. The normalized spacial score (nSPS) is 15.4. The van der Waals surface area contributed by atoms with Crippen LogP contribution < -0.4 is 9.47 Å². The Morgan fingerprint density at radius 2 is 1.91 bits per heavy atom. The summed E-state index contributed by atoms with van der Waals surface area (Å²) in [5, 5.41) is 17.5. The molecule has 1 aliphatic heterocycles. The van der Waals surface area contributed by atoms with Crippen molar-refractivity contribution in [2.75, 3.05) is 6.61 Å². The number of aromatic hydroxyl groups is 1. The molecule has 0 saturated carbocycles. The number of aryl methyl sites for hydroxylation is 1. The summed E-state index contributed by atoms with van der Waals surface area (Å²) in [6.07, 6.45) is 3.85. The summed E-state index contributed by atoms with van der Waals surface area (Å²) < 4.78 is 11.9. The van der Waals surface area contributed by atoms with Crippen molar-refractivity contribution in [3.05, 3.63) is 89.2 Å². The molecule has 2 aliphatic rings. The summed E-state index contributed by atoms with van der Waals surface area (Å²) in [5.41, 5.74) is 8.42. The van der Waals surface area contributed by atoms with E-state index in [0.29, 0.717) is 18.3 Å². The number of benzene rings is 3. The highest BCUT2D eigenvalue weighted by Crippen LogP contribution is 2.42. The predicted molar refractivity (Wildman–Crippen MR) is 128 cm³/mol. The summed E-state index contributed by atoms with van der Waals surface area (Å²) in [4.78, 5) is 0. The first-order valence-corrected chi connectivity index (χ1v) is 11.1. The highest BCUT2D eigenvalue weighted by molar-refractivity contribution is 5.76. The van der Waals surface area contributed by atoms with E-state index in [1.54, 1.807) is 0 Å². The van der Waals surface area contributed by atoms with Crippen LogP contribution in [-0.2, 0) is 19.4 Å². The largest absolute Gasteiger partial charge is 0.516 e. The van der Waals surface area contributed by atoms with Crippen molar-refractivity contribution < 1.29 is 19.7 Å². The molecule has 3 aromatic rings. The zero-order valence-corrected chi connectivity index (χ0v) is 18.7. The molecule has 0 bridgehead atoms. The van der Waals surface area contributed by atoms with Crippen molar-refractivity contribution in [3.63, 3.8) is 0 Å². The third-order valence-corrected chi connectivity index (χ3v) is 6.33. The monoisotopic (exact) mass is 430 g/mol. The van der Waals surface area contributed by atoms with Crippen molar-refractivity contribution in [1.82, 2.24) is 0 Å². The second-order valence-corrected chi connectivity index (χ2v) is 8.33. The maximum absolute atomic E-state index is 10.1. The first-order valence-electron chi connectivity index (χ1n) is 11.1. The fraction of sp³-hybridized carbons (Fsp3) is 0.286. The summed E-state index contributed by atoms with van der Waals surface area (Å²) in [5.74, 6) is 2.75. The highest BCUT2D eigenvalue weighted by atomic mass is 16.5. The lowest BCUT2D eigenvalue weighted by molar-refractivity contribution is 0.300. The number of fused-ring (bicyclic) bond motifs is 2. The van der Waals surface area contributed by atoms with Crippen LogP contribution in [0.1, 0.15) is 47.1 Å². The lowest BCUT2D eigenvalue weighted by Gasteiger charge is -2.26. The second-order valence-electron chi connectivity index (χ2n) is 8.33. The number of aliphatic hydroxyl groups is 1. The van der Waals surface area contributed by atoms with E-state index in [4.69, 9.17) is 14.6 Å². The van der Waals surface area contributed by atoms with E-state index in [-0.39, 0.29) is 0 Å². The molecule has 4 nitrogen and oxygen atoms in total. The van der Waals surface area contributed by atoms with Crippen LogP contribution in [0.4, 0.5) is 0 Å². The van der Waals surface area contributed by atoms with E-state index in [1.165, 1.54) is 22.3 Å². The molecule has 2 N–H and O–H groups in total. The molecule has 1 unspecified atom stereocenters. The van der Waals surface area contributed by atoms with Crippen molar-refractivity contribution in [3.8, 4) is 28.4 Å². The van der Waals surface area contributed by atoms with Gasteiger partial charge in [0, 0.05) is 17.5 Å². The summed E-state index contributed by atoms with van der Waals surface area (Å²) in [7, 11) is 0. The minimum absolute atomic E-state index is 0.441. The van der Waals surface area contributed by atoms with Gasteiger partial charge in [0.25, 0.3) is 0 Å². The third kappa shape index (κ3) is 4.18. The number of rotatable bonds is 5. The molecular weight excluding hydrogens is 400 g/mol. The van der Waals surface area contributed by atoms with Crippen LogP contribution in [0.3, 0.4) is 0 Å². The van der Waals surface area contributed by atoms with Gasteiger partial charge in [0.1, 0.15) is 23.9 Å². The molecule has 0 fully saturated rings. The van der Waals surface area contributed by atoms with Gasteiger partial charge in [-0.25, -0.2) is 0 Å².